The lowest BCUT2D eigenvalue weighted by Crippen LogP contribution is -2.26. The molecule has 5 nitrogen and oxygen atoms in total. The number of hydrogen-bond acceptors (Lipinski definition) is 3. The summed E-state index contributed by atoms with van der Waals surface area (Å²) in [5.41, 5.74) is 0.795. The van der Waals surface area contributed by atoms with Crippen molar-refractivity contribution in [2.45, 2.75) is 10.7 Å². The van der Waals surface area contributed by atoms with Crippen LogP contribution in [0.2, 0.25) is 0 Å². The average molecular weight is 349 g/mol. The normalized spacial score (nSPS) is 13.4. The number of benzene rings is 1. The topological polar surface area (TPSA) is 68.2 Å². The van der Waals surface area contributed by atoms with Crippen molar-refractivity contribution in [1.82, 2.24) is 4.98 Å². The Morgan fingerprint density at radius 3 is 2.80 bits per heavy atom. The molecule has 1 unspecified atom stereocenters. The van der Waals surface area contributed by atoms with E-state index in [1.54, 1.807) is 18.2 Å². The molecule has 1 aromatic heterocycles. The van der Waals surface area contributed by atoms with Crippen molar-refractivity contribution in [3.63, 3.8) is 0 Å². The van der Waals surface area contributed by atoms with Gasteiger partial charge in [0.05, 0.1) is 7.11 Å². The number of aromatic amines is 1. The van der Waals surface area contributed by atoms with E-state index in [0.29, 0.717) is 16.7 Å². The van der Waals surface area contributed by atoms with Gasteiger partial charge in [-0.2, -0.15) is 8.78 Å². The maximum absolute atomic E-state index is 13.6. The van der Waals surface area contributed by atoms with Gasteiger partial charge in [0.15, 0.2) is 0 Å². The fourth-order valence-corrected chi connectivity index (χ4v) is 2.46. The van der Waals surface area contributed by atoms with Crippen LogP contribution >= 0.6 is 15.9 Å². The fraction of sp³-hybridized carbons (Fsp3) is 0.333. The van der Waals surface area contributed by atoms with Gasteiger partial charge in [0.25, 0.3) is 0 Å². The second-order valence-corrected chi connectivity index (χ2v) is 5.32. The number of nitrogens with one attached hydrogen (secondary N) is 1. The van der Waals surface area contributed by atoms with Crippen LogP contribution in [-0.4, -0.2) is 28.4 Å². The van der Waals surface area contributed by atoms with Gasteiger partial charge in [0, 0.05) is 22.0 Å². The van der Waals surface area contributed by atoms with E-state index in [-0.39, 0.29) is 5.56 Å². The van der Waals surface area contributed by atoms with Crippen molar-refractivity contribution in [2.75, 3.05) is 13.7 Å². The molecular formula is C12H11BrF2N2O3. The van der Waals surface area contributed by atoms with E-state index in [1.807, 2.05) is 0 Å². The predicted molar refractivity (Wildman–Crippen MR) is 73.3 cm³/mol. The maximum Gasteiger partial charge on any atom is 0.314 e. The van der Waals surface area contributed by atoms with E-state index in [2.05, 4.69) is 20.9 Å². The number of nitro groups is 1. The van der Waals surface area contributed by atoms with Gasteiger partial charge < -0.3 is 9.72 Å². The highest BCUT2D eigenvalue weighted by Crippen LogP contribution is 2.41. The third-order valence-electron chi connectivity index (χ3n) is 3.02. The van der Waals surface area contributed by atoms with Gasteiger partial charge in [-0.25, -0.2) is 0 Å². The number of alkyl halides is 3. The van der Waals surface area contributed by atoms with E-state index >= 15 is 0 Å². The van der Waals surface area contributed by atoms with Crippen LogP contribution in [0.4, 0.5) is 8.78 Å². The Morgan fingerprint density at radius 1 is 1.55 bits per heavy atom. The first-order chi connectivity index (χ1) is 9.32. The van der Waals surface area contributed by atoms with Gasteiger partial charge in [-0.1, -0.05) is 0 Å². The van der Waals surface area contributed by atoms with Crippen molar-refractivity contribution in [1.29, 1.82) is 0 Å². The summed E-state index contributed by atoms with van der Waals surface area (Å²) in [4.78, 5) is 9.33. The minimum atomic E-state index is -3.38. The van der Waals surface area contributed by atoms with Crippen LogP contribution in [0.3, 0.4) is 0 Å². The molecule has 1 atom stereocenters. The van der Waals surface area contributed by atoms with E-state index in [0.717, 1.165) is 0 Å². The third kappa shape index (κ3) is 2.90. The minimum Gasteiger partial charge on any atom is -0.497 e. The van der Waals surface area contributed by atoms with Crippen molar-refractivity contribution >= 4 is 26.8 Å². The first-order valence-electron chi connectivity index (χ1n) is 5.66. The molecule has 20 heavy (non-hydrogen) atoms. The summed E-state index contributed by atoms with van der Waals surface area (Å²) < 4.78 is 32.2. The van der Waals surface area contributed by atoms with E-state index in [4.69, 9.17) is 4.74 Å². The first-order valence-corrected chi connectivity index (χ1v) is 6.45. The molecule has 1 aromatic carbocycles. The highest BCUT2D eigenvalue weighted by atomic mass is 79.9. The van der Waals surface area contributed by atoms with Crippen LogP contribution in [0.1, 0.15) is 11.5 Å². The molecule has 2 rings (SSSR count). The Hall–Kier alpha value is -1.70. The second-order valence-electron chi connectivity index (χ2n) is 4.27. The molecule has 0 spiro atoms. The average Bonchev–Trinajstić information content (AvgIpc) is 2.76. The molecule has 8 heteroatoms. The zero-order chi connectivity index (χ0) is 14.9. The molecule has 0 radical (unpaired) electrons. The molecule has 1 N–H and O–H groups in total. The molecule has 0 aliphatic carbocycles. The molecule has 108 valence electrons. The van der Waals surface area contributed by atoms with E-state index in [9.17, 15) is 18.9 Å². The van der Waals surface area contributed by atoms with Crippen molar-refractivity contribution < 1.29 is 18.4 Å². The van der Waals surface area contributed by atoms with E-state index in [1.165, 1.54) is 13.3 Å². The molecule has 0 aliphatic heterocycles. The number of H-pyrrole nitrogens is 1. The molecule has 1 heterocycles. The molecular weight excluding hydrogens is 338 g/mol. The summed E-state index contributed by atoms with van der Waals surface area (Å²) in [6, 6.07) is 4.93. The van der Waals surface area contributed by atoms with Crippen LogP contribution < -0.4 is 4.74 Å². The van der Waals surface area contributed by atoms with Gasteiger partial charge in [0.2, 0.25) is 6.54 Å². The number of methoxy groups -OCH3 is 1. The Kier molecular flexibility index (Phi) is 3.94. The SMILES string of the molecule is COc1ccc2[nH]cc(C(C[N+](=O)[O-])C(F)(F)Br)c2c1. The van der Waals surface area contributed by atoms with Gasteiger partial charge in [0.1, 0.15) is 11.7 Å². The summed E-state index contributed by atoms with van der Waals surface area (Å²) in [6.45, 7) is -0.873. The predicted octanol–water partition coefficient (Wildman–Crippen LogP) is 3.52. The number of hydrogen-bond donors (Lipinski definition) is 1. The monoisotopic (exact) mass is 348 g/mol. The number of ether oxygens (including phenoxy) is 1. The lowest BCUT2D eigenvalue weighted by molar-refractivity contribution is -0.486. The summed E-state index contributed by atoms with van der Waals surface area (Å²) in [7, 11) is 1.46. The van der Waals surface area contributed by atoms with Gasteiger partial charge >= 0.3 is 4.83 Å². The third-order valence-corrected chi connectivity index (χ3v) is 3.58. The fourth-order valence-electron chi connectivity index (χ4n) is 2.06. The highest BCUT2D eigenvalue weighted by molar-refractivity contribution is 9.10. The van der Waals surface area contributed by atoms with Crippen molar-refractivity contribution in [3.8, 4) is 5.75 Å². The number of fused-ring (bicyclic) bond motifs is 1. The van der Waals surface area contributed by atoms with Crippen molar-refractivity contribution in [3.05, 3.63) is 40.1 Å². The summed E-state index contributed by atoms with van der Waals surface area (Å²) in [5, 5.41) is 11.1. The molecule has 0 fully saturated rings. The Bertz CT molecular complexity index is 639. The quantitative estimate of drug-likeness (QED) is 0.510. The van der Waals surface area contributed by atoms with Crippen LogP contribution in [0.15, 0.2) is 24.4 Å². The molecule has 0 saturated heterocycles. The molecule has 0 amide bonds. The lowest BCUT2D eigenvalue weighted by atomic mass is 9.99. The first kappa shape index (κ1) is 14.7. The smallest absolute Gasteiger partial charge is 0.314 e. The van der Waals surface area contributed by atoms with Crippen molar-refractivity contribution in [2.24, 2.45) is 0 Å². The number of nitrogens with zero attached hydrogens (tertiary/aromatic N) is 1. The summed E-state index contributed by atoms with van der Waals surface area (Å²) >= 11 is 2.23. The van der Waals surface area contributed by atoms with Crippen LogP contribution in [-0.2, 0) is 0 Å². The minimum absolute atomic E-state index is 0.178. The molecule has 0 saturated carbocycles. The van der Waals surface area contributed by atoms with Crippen LogP contribution in [0.5, 0.6) is 5.75 Å². The van der Waals surface area contributed by atoms with Gasteiger partial charge in [-0.3, -0.25) is 10.1 Å². The molecule has 0 bridgehead atoms. The Balaban J connectivity index is 2.55. The van der Waals surface area contributed by atoms with Gasteiger partial charge in [-0.05, 0) is 39.7 Å². The summed E-state index contributed by atoms with van der Waals surface area (Å²) in [6.07, 6.45) is 1.37. The Morgan fingerprint density at radius 2 is 2.25 bits per heavy atom. The number of halogens is 3. The molecule has 2 aromatic rings. The number of rotatable bonds is 5. The Labute approximate surface area is 121 Å². The standard InChI is InChI=1S/C12H11BrF2N2O3/c1-20-7-2-3-11-8(4-7)9(5-16-11)10(6-17(18)19)12(13,14)15/h2-5,10,16H,6H2,1H3. The second kappa shape index (κ2) is 5.35. The lowest BCUT2D eigenvalue weighted by Gasteiger charge is -2.18. The van der Waals surface area contributed by atoms with Crippen LogP contribution in [0, 0.1) is 10.1 Å². The zero-order valence-electron chi connectivity index (χ0n) is 10.4. The maximum atomic E-state index is 13.6. The zero-order valence-corrected chi connectivity index (χ0v) is 12.0. The largest absolute Gasteiger partial charge is 0.497 e. The van der Waals surface area contributed by atoms with Gasteiger partial charge in [-0.15, -0.1) is 0 Å². The molecule has 0 aliphatic rings. The summed E-state index contributed by atoms with van der Waals surface area (Å²) in [5.74, 6) is -1.07. The van der Waals surface area contributed by atoms with E-state index < -0.39 is 22.2 Å². The highest BCUT2D eigenvalue weighted by Gasteiger charge is 2.42. The van der Waals surface area contributed by atoms with Crippen LogP contribution in [0.25, 0.3) is 10.9 Å². The number of aromatic nitrogens is 1.